The molecule has 2 N–H and O–H groups in total. The lowest BCUT2D eigenvalue weighted by atomic mass is 9.96. The third kappa shape index (κ3) is 7.98. The van der Waals surface area contributed by atoms with E-state index in [9.17, 15) is 24.5 Å². The number of rotatable bonds is 10. The number of aryl methyl sites for hydroxylation is 1. The van der Waals surface area contributed by atoms with Gasteiger partial charge in [-0.25, -0.2) is 4.79 Å². The third-order valence-corrected chi connectivity index (χ3v) is 9.85. The van der Waals surface area contributed by atoms with Crippen LogP contribution in [-0.4, -0.2) is 29.3 Å². The van der Waals surface area contributed by atoms with E-state index in [0.717, 1.165) is 59.4 Å². The van der Waals surface area contributed by atoms with E-state index in [4.69, 9.17) is 4.74 Å². The highest BCUT2D eigenvalue weighted by Gasteiger charge is 2.29. The van der Waals surface area contributed by atoms with Crippen LogP contribution < -0.4 is 10.6 Å². The summed E-state index contributed by atoms with van der Waals surface area (Å²) in [5.41, 5.74) is 2.70. The number of nitro benzene ring substituents is 1. The highest BCUT2D eigenvalue weighted by atomic mass is 32.2. The Kier molecular flexibility index (Phi) is 10.6. The average Bonchev–Trinajstić information content (AvgIpc) is 3.35. The van der Waals surface area contributed by atoms with Gasteiger partial charge in [0.2, 0.25) is 5.91 Å². The second kappa shape index (κ2) is 15.0. The molecule has 5 rings (SSSR count). The van der Waals surface area contributed by atoms with Gasteiger partial charge in [-0.15, -0.1) is 23.1 Å². The number of fused-ring (bicyclic) bond motifs is 1. The van der Waals surface area contributed by atoms with Crippen molar-refractivity contribution in [2.24, 2.45) is 0 Å². The molecule has 0 radical (unpaired) electrons. The van der Waals surface area contributed by atoms with Crippen LogP contribution >= 0.6 is 23.1 Å². The monoisotopic (exact) mass is 643 g/mol. The van der Waals surface area contributed by atoms with E-state index in [1.165, 1.54) is 47.4 Å². The largest absolute Gasteiger partial charge is 0.462 e. The number of carbonyl (C=O) groups is 3. The van der Waals surface area contributed by atoms with Crippen molar-refractivity contribution in [2.75, 3.05) is 17.2 Å². The first kappa shape index (κ1) is 31.9. The molecule has 4 aromatic rings. The fourth-order valence-electron chi connectivity index (χ4n) is 5.25. The molecule has 45 heavy (non-hydrogen) atoms. The first-order valence-corrected chi connectivity index (χ1v) is 16.5. The van der Waals surface area contributed by atoms with Gasteiger partial charge in [-0.2, -0.15) is 0 Å². The summed E-state index contributed by atoms with van der Waals surface area (Å²) in [4.78, 5) is 52.5. The van der Waals surface area contributed by atoms with Gasteiger partial charge < -0.3 is 15.4 Å². The van der Waals surface area contributed by atoms with Crippen molar-refractivity contribution in [1.29, 1.82) is 0 Å². The summed E-state index contributed by atoms with van der Waals surface area (Å²) in [6.45, 7) is 2.02. The highest BCUT2D eigenvalue weighted by molar-refractivity contribution is 8.00. The molecule has 0 saturated heterocycles. The number of esters is 1. The van der Waals surface area contributed by atoms with Gasteiger partial charge in [0, 0.05) is 33.2 Å². The third-order valence-electron chi connectivity index (χ3n) is 7.39. The van der Waals surface area contributed by atoms with E-state index in [0.29, 0.717) is 16.3 Å². The fraction of sp³-hybridized carbons (Fsp3) is 0.265. The molecule has 1 aliphatic rings. The number of carbonyl (C=O) groups excluding carboxylic acids is 3. The van der Waals surface area contributed by atoms with E-state index in [-0.39, 0.29) is 23.8 Å². The average molecular weight is 644 g/mol. The SMILES string of the molecule is CCOC(=O)c1c(NC(=O)C(Sc2cccc(NC(=O)c3cccc([N+](=O)[O-])c3)c2)c2ccccc2)sc2c1CCCCCC2. The van der Waals surface area contributed by atoms with Crippen molar-refractivity contribution in [1.82, 2.24) is 0 Å². The molecule has 232 valence electrons. The summed E-state index contributed by atoms with van der Waals surface area (Å²) in [5.74, 6) is -1.18. The number of nitrogens with zero attached hydrogens (tertiary/aromatic N) is 1. The Bertz CT molecular complexity index is 1710. The van der Waals surface area contributed by atoms with Crippen molar-refractivity contribution in [3.05, 3.63) is 116 Å². The van der Waals surface area contributed by atoms with Crippen molar-refractivity contribution < 1.29 is 24.0 Å². The van der Waals surface area contributed by atoms with Crippen LogP contribution in [0.25, 0.3) is 0 Å². The minimum absolute atomic E-state index is 0.159. The van der Waals surface area contributed by atoms with Crippen LogP contribution in [0.5, 0.6) is 0 Å². The molecule has 0 bridgehead atoms. The number of nitro groups is 1. The molecule has 0 saturated carbocycles. The van der Waals surface area contributed by atoms with Crippen LogP contribution in [0.2, 0.25) is 0 Å². The molecule has 1 aliphatic carbocycles. The topological polar surface area (TPSA) is 128 Å². The summed E-state index contributed by atoms with van der Waals surface area (Å²) in [6.07, 6.45) is 5.93. The van der Waals surface area contributed by atoms with Crippen LogP contribution in [0, 0.1) is 10.1 Å². The van der Waals surface area contributed by atoms with Gasteiger partial charge in [-0.1, -0.05) is 55.3 Å². The van der Waals surface area contributed by atoms with Gasteiger partial charge in [0.1, 0.15) is 10.3 Å². The number of amides is 2. The van der Waals surface area contributed by atoms with Crippen LogP contribution in [0.3, 0.4) is 0 Å². The maximum Gasteiger partial charge on any atom is 0.341 e. The van der Waals surface area contributed by atoms with Crippen LogP contribution in [0.1, 0.15) is 74.6 Å². The molecule has 3 aromatic carbocycles. The van der Waals surface area contributed by atoms with Gasteiger partial charge in [0.05, 0.1) is 17.1 Å². The predicted molar refractivity (Wildman–Crippen MR) is 177 cm³/mol. The van der Waals surface area contributed by atoms with Gasteiger partial charge in [-0.3, -0.25) is 19.7 Å². The lowest BCUT2D eigenvalue weighted by Gasteiger charge is -2.18. The summed E-state index contributed by atoms with van der Waals surface area (Å²) in [6, 6.07) is 22.0. The van der Waals surface area contributed by atoms with Gasteiger partial charge in [0.25, 0.3) is 11.6 Å². The van der Waals surface area contributed by atoms with Crippen LogP contribution in [-0.2, 0) is 22.4 Å². The molecular formula is C34H33N3O6S2. The number of thioether (sulfide) groups is 1. The Labute approximate surface area is 269 Å². The highest BCUT2D eigenvalue weighted by Crippen LogP contribution is 2.41. The zero-order valence-electron chi connectivity index (χ0n) is 24.7. The second-order valence-electron chi connectivity index (χ2n) is 10.5. The van der Waals surface area contributed by atoms with E-state index >= 15 is 0 Å². The molecule has 0 fully saturated rings. The number of benzene rings is 3. The molecule has 9 nitrogen and oxygen atoms in total. The fourth-order valence-corrected chi connectivity index (χ4v) is 7.62. The number of non-ortho nitro benzene ring substituents is 1. The Balaban J connectivity index is 1.40. The standard InChI is InChI=1S/C34H33N3O6S2/c1-2-43-34(40)29-27-18-8-3-4-9-19-28(27)45-33(29)36-32(39)30(22-12-6-5-7-13-22)44-26-17-11-15-24(21-26)35-31(38)23-14-10-16-25(20-23)37(41)42/h5-7,10-17,20-21,30H,2-4,8-9,18-19H2,1H3,(H,35,38)(H,36,39). The summed E-state index contributed by atoms with van der Waals surface area (Å²) in [5, 5.41) is 16.9. The first-order valence-electron chi connectivity index (χ1n) is 14.8. The molecule has 1 unspecified atom stereocenters. The zero-order valence-corrected chi connectivity index (χ0v) is 26.4. The quantitative estimate of drug-likeness (QED) is 0.0771. The maximum atomic E-state index is 14.0. The molecule has 1 atom stereocenters. The van der Waals surface area contributed by atoms with E-state index in [2.05, 4.69) is 10.6 Å². The summed E-state index contributed by atoms with van der Waals surface area (Å²) >= 11 is 2.78. The Morgan fingerprint density at radius 3 is 2.44 bits per heavy atom. The van der Waals surface area contributed by atoms with Crippen molar-refractivity contribution in [2.45, 2.75) is 55.6 Å². The van der Waals surface area contributed by atoms with Crippen molar-refractivity contribution in [3.63, 3.8) is 0 Å². The normalized spacial score (nSPS) is 13.4. The number of ether oxygens (including phenoxy) is 1. The number of thiophene rings is 1. The molecule has 2 amide bonds. The van der Waals surface area contributed by atoms with Gasteiger partial charge in [0.15, 0.2) is 0 Å². The predicted octanol–water partition coefficient (Wildman–Crippen LogP) is 8.22. The Morgan fingerprint density at radius 2 is 1.69 bits per heavy atom. The summed E-state index contributed by atoms with van der Waals surface area (Å²) < 4.78 is 5.43. The van der Waals surface area contributed by atoms with Gasteiger partial charge >= 0.3 is 5.97 Å². The lowest BCUT2D eigenvalue weighted by Crippen LogP contribution is -2.20. The van der Waals surface area contributed by atoms with Crippen LogP contribution in [0.4, 0.5) is 16.4 Å². The number of hydrogen-bond donors (Lipinski definition) is 2. The number of anilines is 2. The van der Waals surface area contributed by atoms with Crippen molar-refractivity contribution in [3.8, 4) is 0 Å². The smallest absolute Gasteiger partial charge is 0.341 e. The molecule has 11 heteroatoms. The second-order valence-corrected chi connectivity index (χ2v) is 12.8. The molecule has 1 heterocycles. The minimum atomic E-state index is -0.673. The lowest BCUT2D eigenvalue weighted by molar-refractivity contribution is -0.384. The maximum absolute atomic E-state index is 14.0. The van der Waals surface area contributed by atoms with Crippen LogP contribution in [0.15, 0.2) is 83.8 Å². The minimum Gasteiger partial charge on any atom is -0.462 e. The molecule has 0 aliphatic heterocycles. The Hall–Kier alpha value is -4.48. The summed E-state index contributed by atoms with van der Waals surface area (Å²) in [7, 11) is 0. The van der Waals surface area contributed by atoms with Crippen molar-refractivity contribution >= 4 is 57.3 Å². The molecular weight excluding hydrogens is 611 g/mol. The zero-order chi connectivity index (χ0) is 31.8. The molecule has 1 aromatic heterocycles. The van der Waals surface area contributed by atoms with Gasteiger partial charge in [-0.05, 0) is 68.0 Å². The number of hydrogen-bond acceptors (Lipinski definition) is 8. The van der Waals surface area contributed by atoms with E-state index in [1.807, 2.05) is 36.4 Å². The van der Waals surface area contributed by atoms with E-state index in [1.54, 1.807) is 25.1 Å². The number of nitrogens with one attached hydrogen (secondary N) is 2. The Morgan fingerprint density at radius 1 is 0.933 bits per heavy atom. The first-order chi connectivity index (χ1) is 21.8. The molecule has 0 spiro atoms. The van der Waals surface area contributed by atoms with E-state index < -0.39 is 22.0 Å².